The van der Waals surface area contributed by atoms with Crippen molar-refractivity contribution >= 4 is 22.6 Å². The fraction of sp³-hybridized carbons (Fsp3) is 0.474. The molecule has 1 aliphatic heterocycles. The minimum absolute atomic E-state index is 0.362. The topological polar surface area (TPSA) is 42.4 Å². The molecule has 0 saturated carbocycles. The van der Waals surface area contributed by atoms with E-state index in [9.17, 15) is 9.18 Å². The highest BCUT2D eigenvalue weighted by molar-refractivity contribution is 6.04. The predicted octanol–water partition coefficient (Wildman–Crippen LogP) is 4.13. The molecule has 2 heterocycles. The van der Waals surface area contributed by atoms with Crippen molar-refractivity contribution < 1.29 is 13.9 Å². The first kappa shape index (κ1) is 16.7. The Balaban J connectivity index is 1.99. The molecule has 0 aliphatic carbocycles. The molecule has 5 heteroatoms. The average molecular weight is 330 g/mol. The molecule has 0 radical (unpaired) electrons. The number of aromatic nitrogens is 1. The van der Waals surface area contributed by atoms with Gasteiger partial charge in [0.05, 0.1) is 17.6 Å². The Morgan fingerprint density at radius 1 is 1.33 bits per heavy atom. The normalized spacial score (nSPS) is 21.3. The second-order valence-electron chi connectivity index (χ2n) is 7.65. The standard InChI is InChI=1S/C19H23FN2O2/c1-18(2,3)24-17(23)14-7-9-21-16-6-5-13(11-15(14)16)22-10-8-19(4,20)12-22/h5-7,9,11H,8,10,12H2,1-4H3. The van der Waals surface area contributed by atoms with Crippen LogP contribution in [0.25, 0.3) is 10.9 Å². The summed E-state index contributed by atoms with van der Waals surface area (Å²) < 4.78 is 19.6. The van der Waals surface area contributed by atoms with Crippen LogP contribution in [-0.4, -0.2) is 35.3 Å². The summed E-state index contributed by atoms with van der Waals surface area (Å²) in [5, 5.41) is 0.733. The molecule has 0 bridgehead atoms. The molecule has 1 aromatic heterocycles. The van der Waals surface area contributed by atoms with E-state index in [1.54, 1.807) is 19.2 Å². The summed E-state index contributed by atoms with van der Waals surface area (Å²) >= 11 is 0. The van der Waals surface area contributed by atoms with Crippen LogP contribution in [-0.2, 0) is 4.74 Å². The molecule has 1 atom stereocenters. The Morgan fingerprint density at radius 3 is 2.71 bits per heavy atom. The van der Waals surface area contributed by atoms with Crippen molar-refractivity contribution in [1.82, 2.24) is 4.98 Å². The molecule has 0 N–H and O–H groups in total. The molecule has 3 rings (SSSR count). The lowest BCUT2D eigenvalue weighted by Gasteiger charge is -2.21. The maximum Gasteiger partial charge on any atom is 0.339 e. The monoisotopic (exact) mass is 330 g/mol. The van der Waals surface area contributed by atoms with E-state index >= 15 is 0 Å². The van der Waals surface area contributed by atoms with Gasteiger partial charge in [-0.25, -0.2) is 9.18 Å². The maximum atomic E-state index is 14.1. The first-order chi connectivity index (χ1) is 11.1. The zero-order chi connectivity index (χ0) is 17.5. The second-order valence-corrected chi connectivity index (χ2v) is 7.65. The highest BCUT2D eigenvalue weighted by Gasteiger charge is 2.33. The van der Waals surface area contributed by atoms with Gasteiger partial charge in [-0.2, -0.15) is 0 Å². The Morgan fingerprint density at radius 2 is 2.08 bits per heavy atom. The van der Waals surface area contributed by atoms with Crippen LogP contribution in [0.2, 0.25) is 0 Å². The molecule has 2 aromatic rings. The summed E-state index contributed by atoms with van der Waals surface area (Å²) in [6.07, 6.45) is 2.12. The van der Waals surface area contributed by atoms with E-state index in [4.69, 9.17) is 4.74 Å². The molecule has 1 unspecified atom stereocenters. The van der Waals surface area contributed by atoms with E-state index < -0.39 is 11.3 Å². The molecule has 0 amide bonds. The van der Waals surface area contributed by atoms with Gasteiger partial charge in [0.2, 0.25) is 0 Å². The van der Waals surface area contributed by atoms with Crippen molar-refractivity contribution in [2.75, 3.05) is 18.0 Å². The van der Waals surface area contributed by atoms with Crippen molar-refractivity contribution in [2.24, 2.45) is 0 Å². The van der Waals surface area contributed by atoms with Gasteiger partial charge >= 0.3 is 5.97 Å². The zero-order valence-corrected chi connectivity index (χ0v) is 14.6. The van der Waals surface area contributed by atoms with Crippen LogP contribution in [0.4, 0.5) is 10.1 Å². The third kappa shape index (κ3) is 3.50. The Labute approximate surface area is 141 Å². The van der Waals surface area contributed by atoms with Gasteiger partial charge in [0.25, 0.3) is 0 Å². The van der Waals surface area contributed by atoms with Crippen molar-refractivity contribution in [3.63, 3.8) is 0 Å². The van der Waals surface area contributed by atoms with Gasteiger partial charge in [-0.3, -0.25) is 4.98 Å². The largest absolute Gasteiger partial charge is 0.456 e. The van der Waals surface area contributed by atoms with Crippen LogP contribution in [0.1, 0.15) is 44.5 Å². The third-order valence-electron chi connectivity index (χ3n) is 4.13. The number of halogens is 1. The first-order valence-corrected chi connectivity index (χ1v) is 8.21. The van der Waals surface area contributed by atoms with Crippen LogP contribution < -0.4 is 4.90 Å². The summed E-state index contributed by atoms with van der Waals surface area (Å²) in [4.78, 5) is 18.8. The molecule has 24 heavy (non-hydrogen) atoms. The number of esters is 1. The number of nitrogens with zero attached hydrogens (tertiary/aromatic N) is 2. The van der Waals surface area contributed by atoms with Gasteiger partial charge in [-0.15, -0.1) is 0 Å². The lowest BCUT2D eigenvalue weighted by Crippen LogP contribution is -2.26. The van der Waals surface area contributed by atoms with E-state index in [2.05, 4.69) is 4.98 Å². The van der Waals surface area contributed by atoms with Gasteiger partial charge in [0.1, 0.15) is 11.3 Å². The molecule has 1 saturated heterocycles. The van der Waals surface area contributed by atoms with Crippen molar-refractivity contribution in [3.05, 3.63) is 36.0 Å². The fourth-order valence-electron chi connectivity index (χ4n) is 2.99. The van der Waals surface area contributed by atoms with E-state index in [0.717, 1.165) is 16.6 Å². The molecule has 0 spiro atoms. The summed E-state index contributed by atoms with van der Waals surface area (Å²) in [6.45, 7) is 8.17. The Hall–Kier alpha value is -2.17. The molecule has 4 nitrogen and oxygen atoms in total. The number of alkyl halides is 1. The second kappa shape index (κ2) is 5.72. The van der Waals surface area contributed by atoms with E-state index in [0.29, 0.717) is 25.1 Å². The number of ether oxygens (including phenoxy) is 1. The molecule has 1 fully saturated rings. The lowest BCUT2D eigenvalue weighted by atomic mass is 10.1. The van der Waals surface area contributed by atoms with Crippen molar-refractivity contribution in [3.8, 4) is 0 Å². The molecular weight excluding hydrogens is 307 g/mol. The van der Waals surface area contributed by atoms with Gasteiger partial charge in [-0.05, 0) is 52.0 Å². The van der Waals surface area contributed by atoms with Gasteiger partial charge < -0.3 is 9.64 Å². The Bertz CT molecular complexity index is 781. The number of anilines is 1. The number of benzene rings is 1. The minimum Gasteiger partial charge on any atom is -0.456 e. The van der Waals surface area contributed by atoms with Gasteiger partial charge in [-0.1, -0.05) is 0 Å². The molecule has 1 aromatic carbocycles. The number of hydrogen-bond acceptors (Lipinski definition) is 4. The quantitative estimate of drug-likeness (QED) is 0.777. The lowest BCUT2D eigenvalue weighted by molar-refractivity contribution is 0.00717. The summed E-state index contributed by atoms with van der Waals surface area (Å²) in [6, 6.07) is 7.37. The molecular formula is C19H23FN2O2. The minimum atomic E-state index is -1.17. The van der Waals surface area contributed by atoms with E-state index in [-0.39, 0.29) is 5.97 Å². The summed E-state index contributed by atoms with van der Waals surface area (Å²) in [5.74, 6) is -0.371. The predicted molar refractivity (Wildman–Crippen MR) is 93.3 cm³/mol. The molecule has 128 valence electrons. The number of rotatable bonds is 2. The van der Waals surface area contributed by atoms with Crippen LogP contribution in [0.15, 0.2) is 30.5 Å². The van der Waals surface area contributed by atoms with Crippen LogP contribution in [0.3, 0.4) is 0 Å². The first-order valence-electron chi connectivity index (χ1n) is 8.21. The van der Waals surface area contributed by atoms with E-state index in [1.165, 1.54) is 0 Å². The molecule has 1 aliphatic rings. The highest BCUT2D eigenvalue weighted by atomic mass is 19.1. The van der Waals surface area contributed by atoms with E-state index in [1.807, 2.05) is 43.9 Å². The number of fused-ring (bicyclic) bond motifs is 1. The highest BCUT2D eigenvalue weighted by Crippen LogP contribution is 2.31. The number of carbonyl (C=O) groups is 1. The summed E-state index contributed by atoms with van der Waals surface area (Å²) in [7, 11) is 0. The summed E-state index contributed by atoms with van der Waals surface area (Å²) in [5.41, 5.74) is 0.387. The number of carbonyl (C=O) groups excluding carboxylic acids is 1. The van der Waals surface area contributed by atoms with Gasteiger partial charge in [0.15, 0.2) is 0 Å². The SMILES string of the molecule is CC1(F)CCN(c2ccc3nccc(C(=O)OC(C)(C)C)c3c2)C1. The van der Waals surface area contributed by atoms with Crippen LogP contribution in [0, 0.1) is 0 Å². The van der Waals surface area contributed by atoms with Crippen molar-refractivity contribution in [1.29, 1.82) is 0 Å². The maximum absolute atomic E-state index is 14.1. The van der Waals surface area contributed by atoms with Crippen LogP contribution >= 0.6 is 0 Å². The zero-order valence-electron chi connectivity index (χ0n) is 14.6. The number of pyridine rings is 1. The number of hydrogen-bond donors (Lipinski definition) is 0. The Kier molecular flexibility index (Phi) is 3.98. The third-order valence-corrected chi connectivity index (χ3v) is 4.13. The smallest absolute Gasteiger partial charge is 0.339 e. The van der Waals surface area contributed by atoms with Crippen LogP contribution in [0.5, 0.6) is 0 Å². The average Bonchev–Trinajstić information content (AvgIpc) is 2.84. The van der Waals surface area contributed by atoms with Crippen molar-refractivity contribution in [2.45, 2.75) is 45.4 Å². The van der Waals surface area contributed by atoms with Gasteiger partial charge in [0, 0.05) is 30.2 Å². The fourth-order valence-corrected chi connectivity index (χ4v) is 2.99.